The lowest BCUT2D eigenvalue weighted by atomic mass is 10.2. The zero-order chi connectivity index (χ0) is 19.0. The van der Waals surface area contributed by atoms with Crippen molar-refractivity contribution in [1.82, 2.24) is 24.8 Å². The lowest BCUT2D eigenvalue weighted by Crippen LogP contribution is -2.31. The molecule has 2 aromatic heterocycles. The van der Waals surface area contributed by atoms with Gasteiger partial charge >= 0.3 is 0 Å². The molecule has 148 valence electrons. The van der Waals surface area contributed by atoms with Gasteiger partial charge in [-0.3, -0.25) is 4.90 Å². The van der Waals surface area contributed by atoms with E-state index in [0.29, 0.717) is 0 Å². The minimum absolute atomic E-state index is 0.933. The van der Waals surface area contributed by atoms with Crippen molar-refractivity contribution < 1.29 is 0 Å². The number of rotatable bonds is 8. The van der Waals surface area contributed by atoms with Crippen molar-refractivity contribution in [3.63, 3.8) is 0 Å². The highest BCUT2D eigenvalue weighted by molar-refractivity contribution is 7.99. The van der Waals surface area contributed by atoms with E-state index in [4.69, 9.17) is 0 Å². The first-order valence-corrected chi connectivity index (χ1v) is 11.3. The molecule has 0 saturated carbocycles. The fourth-order valence-corrected chi connectivity index (χ4v) is 4.80. The molecule has 0 amide bonds. The molecule has 0 bridgehead atoms. The molecule has 1 aliphatic rings. The zero-order valence-electron chi connectivity index (χ0n) is 16.4. The Bertz CT molecular complexity index is 850. The standard InChI is InChI=1S/C22H29N5S/c1-2-7-19(8-3-1)17-27-13-6-12-26(14-15-27)11-4-5-16-28-22-20-9-10-23-21(20)24-18-25-22/h1-3,7-10,18H,4-6,11-17H2,(H,23,24,25). The van der Waals surface area contributed by atoms with E-state index < -0.39 is 0 Å². The molecule has 0 radical (unpaired) electrons. The van der Waals surface area contributed by atoms with Gasteiger partial charge in [-0.15, -0.1) is 11.8 Å². The summed E-state index contributed by atoms with van der Waals surface area (Å²) in [6.07, 6.45) is 7.34. The molecule has 1 saturated heterocycles. The maximum Gasteiger partial charge on any atom is 0.141 e. The van der Waals surface area contributed by atoms with Gasteiger partial charge in [-0.1, -0.05) is 30.3 Å². The number of nitrogens with zero attached hydrogens (tertiary/aromatic N) is 4. The predicted molar refractivity (Wildman–Crippen MR) is 117 cm³/mol. The molecule has 3 aromatic rings. The van der Waals surface area contributed by atoms with Crippen LogP contribution in [0.15, 0.2) is 53.9 Å². The van der Waals surface area contributed by atoms with Crippen LogP contribution in [0.1, 0.15) is 24.8 Å². The lowest BCUT2D eigenvalue weighted by Gasteiger charge is -2.21. The highest BCUT2D eigenvalue weighted by atomic mass is 32.2. The maximum atomic E-state index is 4.44. The van der Waals surface area contributed by atoms with Crippen LogP contribution in [0.5, 0.6) is 0 Å². The SMILES string of the molecule is c1ccc(CN2CCCN(CCCCSc3ncnc4[nH]ccc34)CC2)cc1. The second kappa shape index (κ2) is 10.0. The summed E-state index contributed by atoms with van der Waals surface area (Å²) in [4.78, 5) is 17.1. The Hall–Kier alpha value is -1.89. The first-order chi connectivity index (χ1) is 13.9. The quantitative estimate of drug-likeness (QED) is 0.354. The van der Waals surface area contributed by atoms with Gasteiger partial charge in [0.15, 0.2) is 0 Å². The van der Waals surface area contributed by atoms with Crippen LogP contribution in [0.25, 0.3) is 11.0 Å². The minimum Gasteiger partial charge on any atom is -0.346 e. The third kappa shape index (κ3) is 5.34. The molecule has 3 heterocycles. The Morgan fingerprint density at radius 2 is 1.79 bits per heavy atom. The van der Waals surface area contributed by atoms with Gasteiger partial charge in [0, 0.05) is 25.8 Å². The van der Waals surface area contributed by atoms with E-state index in [0.717, 1.165) is 28.4 Å². The average molecular weight is 396 g/mol. The van der Waals surface area contributed by atoms with Gasteiger partial charge in [0.1, 0.15) is 17.0 Å². The van der Waals surface area contributed by atoms with E-state index in [1.165, 1.54) is 57.5 Å². The van der Waals surface area contributed by atoms with Gasteiger partial charge in [0.25, 0.3) is 0 Å². The number of H-pyrrole nitrogens is 1. The summed E-state index contributed by atoms with van der Waals surface area (Å²) in [5, 5.41) is 2.23. The molecule has 0 unspecified atom stereocenters. The number of benzene rings is 1. The van der Waals surface area contributed by atoms with Crippen LogP contribution >= 0.6 is 11.8 Å². The molecule has 5 nitrogen and oxygen atoms in total. The summed E-state index contributed by atoms with van der Waals surface area (Å²) in [5.41, 5.74) is 2.36. The number of thioether (sulfide) groups is 1. The van der Waals surface area contributed by atoms with Crippen molar-refractivity contribution in [2.45, 2.75) is 30.8 Å². The second-order valence-electron chi connectivity index (χ2n) is 7.43. The number of fused-ring (bicyclic) bond motifs is 1. The second-order valence-corrected chi connectivity index (χ2v) is 8.51. The molecular weight excluding hydrogens is 366 g/mol. The average Bonchev–Trinajstić information content (AvgIpc) is 3.11. The summed E-state index contributed by atoms with van der Waals surface area (Å²) < 4.78 is 0. The van der Waals surface area contributed by atoms with Crippen molar-refractivity contribution >= 4 is 22.8 Å². The largest absolute Gasteiger partial charge is 0.346 e. The molecular formula is C22H29N5S. The highest BCUT2D eigenvalue weighted by Gasteiger charge is 2.14. The molecule has 1 N–H and O–H groups in total. The van der Waals surface area contributed by atoms with E-state index in [1.54, 1.807) is 6.33 Å². The van der Waals surface area contributed by atoms with Crippen LogP contribution in [0.2, 0.25) is 0 Å². The summed E-state index contributed by atoms with van der Waals surface area (Å²) in [6.45, 7) is 7.10. The number of aromatic nitrogens is 3. The molecule has 1 fully saturated rings. The molecule has 1 aliphatic heterocycles. The van der Waals surface area contributed by atoms with Crippen molar-refractivity contribution in [3.8, 4) is 0 Å². The van der Waals surface area contributed by atoms with Crippen molar-refractivity contribution in [1.29, 1.82) is 0 Å². The van der Waals surface area contributed by atoms with Crippen molar-refractivity contribution in [3.05, 3.63) is 54.5 Å². The molecule has 28 heavy (non-hydrogen) atoms. The maximum absolute atomic E-state index is 4.44. The number of hydrogen-bond donors (Lipinski definition) is 1. The first kappa shape index (κ1) is 19.4. The fraction of sp³-hybridized carbons (Fsp3) is 0.455. The minimum atomic E-state index is 0.933. The number of nitrogens with one attached hydrogen (secondary N) is 1. The van der Waals surface area contributed by atoms with Crippen LogP contribution in [0.3, 0.4) is 0 Å². The van der Waals surface area contributed by atoms with Gasteiger partial charge in [-0.2, -0.15) is 0 Å². The third-order valence-corrected chi connectivity index (χ3v) is 6.45. The Morgan fingerprint density at radius 3 is 2.71 bits per heavy atom. The summed E-state index contributed by atoms with van der Waals surface area (Å²) in [5.74, 6) is 1.12. The molecule has 0 spiro atoms. The Labute approximate surface area is 171 Å². The highest BCUT2D eigenvalue weighted by Crippen LogP contribution is 2.24. The number of aromatic amines is 1. The Balaban J connectivity index is 1.15. The lowest BCUT2D eigenvalue weighted by molar-refractivity contribution is 0.250. The van der Waals surface area contributed by atoms with Gasteiger partial charge in [0.05, 0.1) is 5.39 Å². The van der Waals surface area contributed by atoms with Crippen LogP contribution in [-0.2, 0) is 6.54 Å². The van der Waals surface area contributed by atoms with E-state index in [1.807, 2.05) is 18.0 Å². The van der Waals surface area contributed by atoms with E-state index in [9.17, 15) is 0 Å². The van der Waals surface area contributed by atoms with Gasteiger partial charge < -0.3 is 9.88 Å². The molecule has 0 aliphatic carbocycles. The Morgan fingerprint density at radius 1 is 0.929 bits per heavy atom. The van der Waals surface area contributed by atoms with E-state index in [2.05, 4.69) is 61.1 Å². The summed E-state index contributed by atoms with van der Waals surface area (Å²) in [7, 11) is 0. The number of hydrogen-bond acceptors (Lipinski definition) is 5. The molecule has 1 aromatic carbocycles. The summed E-state index contributed by atoms with van der Waals surface area (Å²) in [6, 6.07) is 12.9. The molecule has 0 atom stereocenters. The van der Waals surface area contributed by atoms with Gasteiger partial charge in [0.2, 0.25) is 0 Å². The number of unbranched alkanes of at least 4 members (excludes halogenated alkanes) is 1. The van der Waals surface area contributed by atoms with Gasteiger partial charge in [-0.25, -0.2) is 9.97 Å². The monoisotopic (exact) mass is 395 g/mol. The normalized spacial score (nSPS) is 16.4. The first-order valence-electron chi connectivity index (χ1n) is 10.3. The molecule has 6 heteroatoms. The smallest absolute Gasteiger partial charge is 0.141 e. The van der Waals surface area contributed by atoms with E-state index in [-0.39, 0.29) is 0 Å². The van der Waals surface area contributed by atoms with E-state index >= 15 is 0 Å². The van der Waals surface area contributed by atoms with Crippen LogP contribution in [0, 0.1) is 0 Å². The Kier molecular flexibility index (Phi) is 6.97. The zero-order valence-corrected chi connectivity index (χ0v) is 17.2. The fourth-order valence-electron chi connectivity index (χ4n) is 3.82. The third-order valence-electron chi connectivity index (χ3n) is 5.36. The van der Waals surface area contributed by atoms with Crippen molar-refractivity contribution in [2.24, 2.45) is 0 Å². The summed E-state index contributed by atoms with van der Waals surface area (Å²) >= 11 is 1.85. The topological polar surface area (TPSA) is 48.1 Å². The molecule has 4 rings (SSSR count). The van der Waals surface area contributed by atoms with Gasteiger partial charge in [-0.05, 0) is 56.3 Å². The van der Waals surface area contributed by atoms with Crippen LogP contribution in [-0.4, -0.2) is 63.2 Å². The van der Waals surface area contributed by atoms with Crippen LogP contribution in [0.4, 0.5) is 0 Å². The predicted octanol–water partition coefficient (Wildman–Crippen LogP) is 4.04. The van der Waals surface area contributed by atoms with Crippen LogP contribution < -0.4 is 0 Å². The van der Waals surface area contributed by atoms with Crippen molar-refractivity contribution in [2.75, 3.05) is 38.5 Å².